The first-order valence-electron chi connectivity index (χ1n) is 5.69. The second-order valence-electron chi connectivity index (χ2n) is 4.03. The molecule has 2 rings (SSSR count). The summed E-state index contributed by atoms with van der Waals surface area (Å²) in [6, 6.07) is 4.60. The summed E-state index contributed by atoms with van der Waals surface area (Å²) in [5.41, 5.74) is 0.933. The second kappa shape index (κ2) is 6.02. The van der Waals surface area contributed by atoms with Crippen molar-refractivity contribution in [3.05, 3.63) is 35.4 Å². The van der Waals surface area contributed by atoms with Gasteiger partial charge in [0.05, 0.1) is 11.4 Å². The topological polar surface area (TPSA) is 88.2 Å². The Kier molecular flexibility index (Phi) is 4.35. The number of aromatic nitrogens is 3. The number of hydrogen-bond donors (Lipinski definition) is 2. The molecule has 0 unspecified atom stereocenters. The Hall–Kier alpha value is -1.93. The first kappa shape index (κ1) is 14.5. The molecule has 0 aliphatic heterocycles. The van der Waals surface area contributed by atoms with E-state index in [1.165, 1.54) is 16.7 Å². The molecule has 8 heteroatoms. The number of carboxylic acid groups (broad SMARTS) is 1. The number of rotatable bonds is 5. The van der Waals surface area contributed by atoms with Gasteiger partial charge in [-0.2, -0.15) is 0 Å². The number of halogens is 1. The normalized spacial score (nSPS) is 10.8. The van der Waals surface area contributed by atoms with Crippen LogP contribution in [0.4, 0.5) is 4.39 Å². The summed E-state index contributed by atoms with van der Waals surface area (Å²) in [6.45, 7) is 1.33. The molecule has 106 valence electrons. The maximum atomic E-state index is 14.0. The van der Waals surface area contributed by atoms with Crippen molar-refractivity contribution in [3.63, 3.8) is 0 Å². The van der Waals surface area contributed by atoms with Crippen molar-refractivity contribution >= 4 is 17.7 Å². The molecule has 0 aliphatic rings. The summed E-state index contributed by atoms with van der Waals surface area (Å²) < 4.78 is 15.3. The maximum Gasteiger partial charge on any atom is 0.313 e. The lowest BCUT2D eigenvalue weighted by Crippen LogP contribution is -2.07. The predicted octanol–water partition coefficient (Wildman–Crippen LogP) is 1.38. The van der Waals surface area contributed by atoms with E-state index in [1.807, 2.05) is 0 Å². The van der Waals surface area contributed by atoms with Crippen molar-refractivity contribution in [2.24, 2.45) is 0 Å². The average Bonchev–Trinajstić information content (AvgIpc) is 2.79. The van der Waals surface area contributed by atoms with E-state index in [0.29, 0.717) is 0 Å². The van der Waals surface area contributed by atoms with E-state index in [4.69, 9.17) is 5.11 Å². The Labute approximate surface area is 118 Å². The Bertz CT molecular complexity index is 645. The molecule has 0 bridgehead atoms. The van der Waals surface area contributed by atoms with E-state index in [-0.39, 0.29) is 22.4 Å². The van der Waals surface area contributed by atoms with Crippen molar-refractivity contribution in [1.82, 2.24) is 14.8 Å². The number of hydrogen-bond acceptors (Lipinski definition) is 5. The van der Waals surface area contributed by atoms with Crippen molar-refractivity contribution < 1.29 is 19.4 Å². The van der Waals surface area contributed by atoms with Crippen LogP contribution >= 0.6 is 11.8 Å². The smallest absolute Gasteiger partial charge is 0.313 e. The molecule has 0 fully saturated rings. The minimum atomic E-state index is -1.01. The average molecular weight is 297 g/mol. The van der Waals surface area contributed by atoms with Crippen LogP contribution in [0.2, 0.25) is 0 Å². The number of aryl methyl sites for hydroxylation is 1. The van der Waals surface area contributed by atoms with Gasteiger partial charge in [-0.05, 0) is 24.6 Å². The van der Waals surface area contributed by atoms with Crippen LogP contribution in [0.5, 0.6) is 0 Å². The molecule has 0 aliphatic carbocycles. The molecule has 0 radical (unpaired) electrons. The van der Waals surface area contributed by atoms with E-state index in [2.05, 4.69) is 10.2 Å². The van der Waals surface area contributed by atoms with Gasteiger partial charge in [0.25, 0.3) is 0 Å². The molecule has 0 atom stereocenters. The number of benzene rings is 1. The maximum absolute atomic E-state index is 14.0. The Morgan fingerprint density at radius 3 is 2.80 bits per heavy atom. The summed E-state index contributed by atoms with van der Waals surface area (Å²) in [7, 11) is 0. The van der Waals surface area contributed by atoms with Gasteiger partial charge in [-0.15, -0.1) is 10.2 Å². The Morgan fingerprint density at radius 2 is 2.20 bits per heavy atom. The first-order valence-corrected chi connectivity index (χ1v) is 6.67. The highest BCUT2D eigenvalue weighted by Crippen LogP contribution is 2.24. The number of aliphatic carboxylic acids is 1. The van der Waals surface area contributed by atoms with Gasteiger partial charge in [0, 0.05) is 0 Å². The van der Waals surface area contributed by atoms with Crippen molar-refractivity contribution in [2.75, 3.05) is 5.75 Å². The van der Waals surface area contributed by atoms with Gasteiger partial charge >= 0.3 is 5.97 Å². The zero-order valence-electron chi connectivity index (χ0n) is 10.6. The lowest BCUT2D eigenvalue weighted by molar-refractivity contribution is -0.133. The van der Waals surface area contributed by atoms with Crippen molar-refractivity contribution in [1.29, 1.82) is 0 Å². The van der Waals surface area contributed by atoms with Gasteiger partial charge in [0.1, 0.15) is 12.4 Å². The molecule has 0 amide bonds. The van der Waals surface area contributed by atoms with Crippen LogP contribution in [0.3, 0.4) is 0 Å². The molecule has 0 saturated carbocycles. The Balaban J connectivity index is 2.47. The largest absolute Gasteiger partial charge is 0.481 e. The van der Waals surface area contributed by atoms with Gasteiger partial charge in [-0.1, -0.05) is 17.8 Å². The fourth-order valence-electron chi connectivity index (χ4n) is 1.66. The van der Waals surface area contributed by atoms with Crippen molar-refractivity contribution in [3.8, 4) is 5.69 Å². The van der Waals surface area contributed by atoms with E-state index in [1.54, 1.807) is 13.0 Å². The zero-order chi connectivity index (χ0) is 14.7. The quantitative estimate of drug-likeness (QED) is 0.811. The van der Waals surface area contributed by atoms with E-state index >= 15 is 0 Å². The highest BCUT2D eigenvalue weighted by Gasteiger charge is 2.17. The van der Waals surface area contributed by atoms with Crippen LogP contribution in [-0.4, -0.2) is 36.7 Å². The van der Waals surface area contributed by atoms with E-state index in [9.17, 15) is 14.3 Å². The predicted molar refractivity (Wildman–Crippen MR) is 70.3 cm³/mol. The molecule has 0 spiro atoms. The SMILES string of the molecule is Cc1ccc(-n2c(CO)nnc2SCC(=O)O)c(F)c1. The van der Waals surface area contributed by atoms with Crippen LogP contribution in [0.15, 0.2) is 23.4 Å². The standard InChI is InChI=1S/C12H12FN3O3S/c1-7-2-3-9(8(13)4-7)16-10(5-17)14-15-12(16)20-6-11(18)19/h2-4,17H,5-6H2,1H3,(H,18,19). The fourth-order valence-corrected chi connectivity index (χ4v) is 2.34. The third-order valence-electron chi connectivity index (χ3n) is 2.51. The van der Waals surface area contributed by atoms with Crippen LogP contribution < -0.4 is 0 Å². The van der Waals surface area contributed by atoms with E-state index in [0.717, 1.165) is 17.3 Å². The monoisotopic (exact) mass is 297 g/mol. The van der Waals surface area contributed by atoms with Gasteiger partial charge in [-0.3, -0.25) is 9.36 Å². The highest BCUT2D eigenvalue weighted by molar-refractivity contribution is 7.99. The number of thioether (sulfide) groups is 1. The number of nitrogens with zero attached hydrogens (tertiary/aromatic N) is 3. The summed E-state index contributed by atoms with van der Waals surface area (Å²) >= 11 is 0.911. The van der Waals surface area contributed by atoms with Gasteiger partial charge < -0.3 is 10.2 Å². The minimum absolute atomic E-state index is 0.153. The first-order chi connectivity index (χ1) is 9.52. The van der Waals surface area contributed by atoms with Gasteiger partial charge in [-0.25, -0.2) is 4.39 Å². The highest BCUT2D eigenvalue weighted by atomic mass is 32.2. The molecule has 1 aromatic heterocycles. The fraction of sp³-hybridized carbons (Fsp3) is 0.250. The second-order valence-corrected chi connectivity index (χ2v) is 4.97. The van der Waals surface area contributed by atoms with Crippen LogP contribution in [0.25, 0.3) is 5.69 Å². The third-order valence-corrected chi connectivity index (χ3v) is 3.42. The van der Waals surface area contributed by atoms with Gasteiger partial charge in [0.2, 0.25) is 0 Å². The van der Waals surface area contributed by atoms with Crippen LogP contribution in [0.1, 0.15) is 11.4 Å². The molecule has 0 saturated heterocycles. The van der Waals surface area contributed by atoms with Crippen LogP contribution in [-0.2, 0) is 11.4 Å². The molecule has 2 aromatic rings. The zero-order valence-corrected chi connectivity index (χ0v) is 11.4. The lowest BCUT2D eigenvalue weighted by atomic mass is 10.2. The van der Waals surface area contributed by atoms with Crippen molar-refractivity contribution in [2.45, 2.75) is 18.7 Å². The van der Waals surface area contributed by atoms with E-state index < -0.39 is 18.4 Å². The summed E-state index contributed by atoms with van der Waals surface area (Å²) in [4.78, 5) is 10.6. The van der Waals surface area contributed by atoms with Gasteiger partial charge in [0.15, 0.2) is 11.0 Å². The molecule has 20 heavy (non-hydrogen) atoms. The van der Waals surface area contributed by atoms with Crippen LogP contribution in [0, 0.1) is 12.7 Å². The number of carboxylic acids is 1. The summed E-state index contributed by atoms with van der Waals surface area (Å²) in [5.74, 6) is -1.58. The summed E-state index contributed by atoms with van der Waals surface area (Å²) in [5, 5.41) is 25.7. The molecule has 2 N–H and O–H groups in total. The molecular weight excluding hydrogens is 285 g/mol. The molecule has 6 nitrogen and oxygen atoms in total. The number of aliphatic hydroxyl groups excluding tert-OH is 1. The Morgan fingerprint density at radius 1 is 1.45 bits per heavy atom. The summed E-state index contributed by atoms with van der Waals surface area (Å²) in [6.07, 6.45) is 0. The minimum Gasteiger partial charge on any atom is -0.481 e. The molecular formula is C12H12FN3O3S. The third kappa shape index (κ3) is 2.97. The number of carbonyl (C=O) groups is 1. The molecule has 1 heterocycles. The lowest BCUT2D eigenvalue weighted by Gasteiger charge is -2.10. The number of aliphatic hydroxyl groups is 1. The molecule has 1 aromatic carbocycles.